The van der Waals surface area contributed by atoms with E-state index in [1.807, 2.05) is 6.07 Å². The van der Waals surface area contributed by atoms with Crippen LogP contribution in [0.1, 0.15) is 25.3 Å². The predicted octanol–water partition coefficient (Wildman–Crippen LogP) is 4.95. The van der Waals surface area contributed by atoms with Gasteiger partial charge in [0.15, 0.2) is 3.95 Å². The summed E-state index contributed by atoms with van der Waals surface area (Å²) in [6.07, 6.45) is 3.42. The third-order valence-electron chi connectivity index (χ3n) is 2.39. The van der Waals surface area contributed by atoms with E-state index in [9.17, 15) is 0 Å². The van der Waals surface area contributed by atoms with Gasteiger partial charge in [-0.2, -0.15) is 0 Å². The minimum absolute atomic E-state index is 0.814. The molecule has 0 saturated carbocycles. The zero-order valence-electron chi connectivity index (χ0n) is 8.47. The van der Waals surface area contributed by atoms with Gasteiger partial charge in [-0.3, -0.25) is 0 Å². The highest BCUT2D eigenvalue weighted by Gasteiger charge is 2.04. The number of rotatable bonds is 3. The van der Waals surface area contributed by atoms with Gasteiger partial charge in [0.25, 0.3) is 0 Å². The van der Waals surface area contributed by atoms with Crippen molar-refractivity contribution in [3.63, 3.8) is 0 Å². The smallest absolute Gasteiger partial charge is 0.159 e. The van der Waals surface area contributed by atoms with Crippen LogP contribution in [0.2, 0.25) is 5.02 Å². The largest absolute Gasteiger partial charge is 0.337 e. The lowest BCUT2D eigenvalue weighted by atomic mass is 10.1. The van der Waals surface area contributed by atoms with E-state index in [1.165, 1.54) is 23.1 Å². The monoisotopic (exact) mass is 257 g/mol. The molecular weight excluding hydrogens is 246 g/mol. The maximum Gasteiger partial charge on any atom is 0.159 e. The summed E-state index contributed by atoms with van der Waals surface area (Å²) < 4.78 is 2.02. The van der Waals surface area contributed by atoms with Crippen LogP contribution in [0.25, 0.3) is 10.2 Å². The summed E-state index contributed by atoms with van der Waals surface area (Å²) in [4.78, 5) is 3.13. The summed E-state index contributed by atoms with van der Waals surface area (Å²) in [6.45, 7) is 2.19. The zero-order valence-corrected chi connectivity index (χ0v) is 10.9. The molecule has 1 aromatic heterocycles. The van der Waals surface area contributed by atoms with Gasteiger partial charge in [-0.05, 0) is 42.8 Å². The third kappa shape index (κ3) is 2.41. The van der Waals surface area contributed by atoms with Crippen molar-refractivity contribution in [2.24, 2.45) is 0 Å². The number of nitrogens with one attached hydrogen (secondary N) is 1. The molecule has 1 heterocycles. The fourth-order valence-electron chi connectivity index (χ4n) is 1.57. The van der Waals surface area contributed by atoms with Crippen molar-refractivity contribution < 1.29 is 0 Å². The number of hydrogen-bond donors (Lipinski definition) is 1. The minimum atomic E-state index is 0.814. The molecule has 2 aromatic rings. The highest BCUT2D eigenvalue weighted by Crippen LogP contribution is 2.27. The standard InChI is InChI=1S/C11H12ClNS2/c1-2-3-4-7-5-10-9(6-8(7)12)13-11(14)15-10/h5-6H,2-4H2,1H3,(H,13,14). The van der Waals surface area contributed by atoms with Crippen molar-refractivity contribution in [2.75, 3.05) is 0 Å². The van der Waals surface area contributed by atoms with Crippen molar-refractivity contribution >= 4 is 45.4 Å². The quantitative estimate of drug-likeness (QED) is 0.769. The zero-order chi connectivity index (χ0) is 10.8. The summed E-state index contributed by atoms with van der Waals surface area (Å²) in [5.41, 5.74) is 2.28. The Labute approximate surface area is 103 Å². The maximum atomic E-state index is 6.20. The average molecular weight is 258 g/mol. The second-order valence-corrected chi connectivity index (χ2v) is 5.68. The van der Waals surface area contributed by atoms with Crippen molar-refractivity contribution in [3.8, 4) is 0 Å². The van der Waals surface area contributed by atoms with E-state index in [1.54, 1.807) is 11.3 Å². The number of aryl methyl sites for hydroxylation is 1. The Balaban J connectivity index is 2.46. The van der Waals surface area contributed by atoms with Gasteiger partial charge in [-0.1, -0.05) is 24.9 Å². The molecule has 0 aliphatic carbocycles. The van der Waals surface area contributed by atoms with E-state index in [2.05, 4.69) is 18.0 Å². The molecule has 0 bridgehead atoms. The Morgan fingerprint density at radius 2 is 2.27 bits per heavy atom. The topological polar surface area (TPSA) is 15.8 Å². The summed E-state index contributed by atoms with van der Waals surface area (Å²) in [7, 11) is 0. The third-order valence-corrected chi connectivity index (χ3v) is 3.94. The molecule has 1 aromatic carbocycles. The Bertz CT molecular complexity index is 527. The lowest BCUT2D eigenvalue weighted by Crippen LogP contribution is -1.86. The highest BCUT2D eigenvalue weighted by molar-refractivity contribution is 7.73. The van der Waals surface area contributed by atoms with Gasteiger partial charge in [0.2, 0.25) is 0 Å². The first-order valence-electron chi connectivity index (χ1n) is 5.02. The molecule has 15 heavy (non-hydrogen) atoms. The Morgan fingerprint density at radius 1 is 1.47 bits per heavy atom. The van der Waals surface area contributed by atoms with E-state index in [-0.39, 0.29) is 0 Å². The molecule has 0 fully saturated rings. The molecule has 1 nitrogen and oxygen atoms in total. The number of halogens is 1. The van der Waals surface area contributed by atoms with Crippen LogP contribution in [-0.4, -0.2) is 4.98 Å². The molecule has 0 amide bonds. The lowest BCUT2D eigenvalue weighted by molar-refractivity contribution is 0.796. The molecule has 80 valence electrons. The number of benzene rings is 1. The molecule has 0 atom stereocenters. The van der Waals surface area contributed by atoms with Gasteiger partial charge in [0, 0.05) is 5.02 Å². The second-order valence-electron chi connectivity index (χ2n) is 3.56. The summed E-state index contributed by atoms with van der Waals surface area (Å²) in [5, 5.41) is 0.847. The normalized spacial score (nSPS) is 11.1. The lowest BCUT2D eigenvalue weighted by Gasteiger charge is -2.02. The summed E-state index contributed by atoms with van der Waals surface area (Å²) >= 11 is 12.9. The minimum Gasteiger partial charge on any atom is -0.337 e. The molecule has 2 rings (SSSR count). The number of H-pyrrole nitrogens is 1. The van der Waals surface area contributed by atoms with E-state index in [0.29, 0.717) is 0 Å². The van der Waals surface area contributed by atoms with E-state index < -0.39 is 0 Å². The van der Waals surface area contributed by atoms with Crippen LogP contribution < -0.4 is 0 Å². The summed E-state index contributed by atoms with van der Waals surface area (Å²) in [6, 6.07) is 4.14. The van der Waals surface area contributed by atoms with Gasteiger partial charge in [0.1, 0.15) is 0 Å². The van der Waals surface area contributed by atoms with E-state index in [4.69, 9.17) is 23.8 Å². The van der Waals surface area contributed by atoms with Crippen LogP contribution in [0.15, 0.2) is 12.1 Å². The van der Waals surface area contributed by atoms with Crippen LogP contribution in [0.4, 0.5) is 0 Å². The van der Waals surface area contributed by atoms with Crippen molar-refractivity contribution in [1.29, 1.82) is 0 Å². The average Bonchev–Trinajstić information content (AvgIpc) is 2.53. The molecular formula is C11H12ClNS2. The van der Waals surface area contributed by atoms with Crippen LogP contribution in [0.5, 0.6) is 0 Å². The number of aromatic amines is 1. The van der Waals surface area contributed by atoms with Crippen molar-refractivity contribution in [2.45, 2.75) is 26.2 Å². The SMILES string of the molecule is CCCCc1cc2sc(=S)[nH]c2cc1Cl. The molecule has 0 aliphatic rings. The van der Waals surface area contributed by atoms with Crippen LogP contribution in [0.3, 0.4) is 0 Å². The molecule has 0 spiro atoms. The number of aromatic nitrogens is 1. The van der Waals surface area contributed by atoms with Gasteiger partial charge in [-0.25, -0.2) is 0 Å². The van der Waals surface area contributed by atoms with Gasteiger partial charge < -0.3 is 4.98 Å². The molecule has 0 aliphatic heterocycles. The Morgan fingerprint density at radius 3 is 3.00 bits per heavy atom. The van der Waals surface area contributed by atoms with Crippen molar-refractivity contribution in [1.82, 2.24) is 4.98 Å². The van der Waals surface area contributed by atoms with Crippen LogP contribution >= 0.6 is 35.2 Å². The van der Waals surface area contributed by atoms with Crippen LogP contribution in [0, 0.1) is 3.95 Å². The first-order valence-corrected chi connectivity index (χ1v) is 6.62. The van der Waals surface area contributed by atoms with Gasteiger partial charge >= 0.3 is 0 Å². The molecule has 0 unspecified atom stereocenters. The Hall–Kier alpha value is -0.380. The number of thiazole rings is 1. The van der Waals surface area contributed by atoms with Crippen LogP contribution in [-0.2, 0) is 6.42 Å². The maximum absolute atomic E-state index is 6.20. The first-order chi connectivity index (χ1) is 7.20. The number of hydrogen-bond acceptors (Lipinski definition) is 2. The second kappa shape index (κ2) is 4.64. The number of unbranched alkanes of at least 4 members (excludes halogenated alkanes) is 1. The highest BCUT2D eigenvalue weighted by atomic mass is 35.5. The summed E-state index contributed by atoms with van der Waals surface area (Å²) in [5.74, 6) is 0. The predicted molar refractivity (Wildman–Crippen MR) is 70.6 cm³/mol. The Kier molecular flexibility index (Phi) is 3.44. The van der Waals surface area contributed by atoms with Gasteiger partial charge in [-0.15, -0.1) is 11.3 Å². The molecule has 4 heteroatoms. The van der Waals surface area contributed by atoms with Gasteiger partial charge in [0.05, 0.1) is 10.2 Å². The van der Waals surface area contributed by atoms with E-state index in [0.717, 1.165) is 20.9 Å². The van der Waals surface area contributed by atoms with Crippen molar-refractivity contribution in [3.05, 3.63) is 26.7 Å². The molecule has 0 radical (unpaired) electrons. The first kappa shape index (κ1) is 11.1. The molecule has 0 saturated heterocycles. The fraction of sp³-hybridized carbons (Fsp3) is 0.364. The number of fused-ring (bicyclic) bond motifs is 1. The molecule has 1 N–H and O–H groups in total. The fourth-order valence-corrected chi connectivity index (χ4v) is 2.99. The van der Waals surface area contributed by atoms with E-state index >= 15 is 0 Å².